The lowest BCUT2D eigenvalue weighted by Crippen LogP contribution is -2.44. The third-order valence-corrected chi connectivity index (χ3v) is 2.52. The number of hydrogen-bond acceptors (Lipinski definition) is 5. The predicted molar refractivity (Wildman–Crippen MR) is 64.0 cm³/mol. The van der Waals surface area contributed by atoms with Gasteiger partial charge in [-0.3, -0.25) is 0 Å². The fourth-order valence-electron chi connectivity index (χ4n) is 1.71. The standard InChI is InChI=1S/C12H21NO5/c1-12(2,3)18-11(16)13-6-4-9(5-7-13)17-10(15)8-14/h9,14H,4-8H2,1-3H3. The van der Waals surface area contributed by atoms with Crippen LogP contribution in [0.15, 0.2) is 0 Å². The lowest BCUT2D eigenvalue weighted by Gasteiger charge is -2.33. The van der Waals surface area contributed by atoms with Crippen molar-refractivity contribution in [3.63, 3.8) is 0 Å². The Morgan fingerprint density at radius 1 is 1.28 bits per heavy atom. The highest BCUT2D eigenvalue weighted by Gasteiger charge is 2.28. The van der Waals surface area contributed by atoms with Gasteiger partial charge >= 0.3 is 12.1 Å². The van der Waals surface area contributed by atoms with Crippen LogP contribution in [0.5, 0.6) is 0 Å². The maximum absolute atomic E-state index is 11.8. The van der Waals surface area contributed by atoms with Crippen LogP contribution in [0, 0.1) is 0 Å². The first kappa shape index (κ1) is 14.8. The molecule has 0 saturated carbocycles. The molecule has 0 unspecified atom stereocenters. The number of carbonyl (C=O) groups is 2. The first-order valence-electron chi connectivity index (χ1n) is 6.10. The highest BCUT2D eigenvalue weighted by molar-refractivity contribution is 5.70. The summed E-state index contributed by atoms with van der Waals surface area (Å²) in [5.41, 5.74) is -0.503. The summed E-state index contributed by atoms with van der Waals surface area (Å²) in [4.78, 5) is 24.3. The maximum atomic E-state index is 11.8. The Balaban J connectivity index is 2.35. The molecule has 1 aliphatic heterocycles. The molecule has 0 aliphatic carbocycles. The molecule has 1 amide bonds. The lowest BCUT2D eigenvalue weighted by atomic mass is 10.1. The van der Waals surface area contributed by atoms with Gasteiger partial charge in [-0.15, -0.1) is 0 Å². The van der Waals surface area contributed by atoms with Crippen molar-refractivity contribution in [3.05, 3.63) is 0 Å². The van der Waals surface area contributed by atoms with Crippen molar-refractivity contribution in [2.75, 3.05) is 19.7 Å². The number of aliphatic hydroxyl groups is 1. The van der Waals surface area contributed by atoms with Crippen LogP contribution in [0.4, 0.5) is 4.79 Å². The highest BCUT2D eigenvalue weighted by Crippen LogP contribution is 2.17. The fraction of sp³-hybridized carbons (Fsp3) is 0.833. The molecule has 0 spiro atoms. The molecule has 1 saturated heterocycles. The van der Waals surface area contributed by atoms with E-state index in [4.69, 9.17) is 14.6 Å². The number of likely N-dealkylation sites (tertiary alicyclic amines) is 1. The molecule has 0 bridgehead atoms. The van der Waals surface area contributed by atoms with E-state index < -0.39 is 18.2 Å². The molecule has 6 heteroatoms. The Kier molecular flexibility index (Phi) is 4.95. The molecule has 18 heavy (non-hydrogen) atoms. The van der Waals surface area contributed by atoms with Crippen LogP contribution in [0.1, 0.15) is 33.6 Å². The molecule has 104 valence electrons. The summed E-state index contributed by atoms with van der Waals surface area (Å²) >= 11 is 0. The van der Waals surface area contributed by atoms with Crippen LogP contribution in [0.2, 0.25) is 0 Å². The van der Waals surface area contributed by atoms with E-state index in [1.54, 1.807) is 4.90 Å². The number of nitrogens with zero attached hydrogens (tertiary/aromatic N) is 1. The number of ether oxygens (including phenoxy) is 2. The average molecular weight is 259 g/mol. The predicted octanol–water partition coefficient (Wildman–Crippen LogP) is 0.921. The van der Waals surface area contributed by atoms with E-state index in [-0.39, 0.29) is 12.2 Å². The van der Waals surface area contributed by atoms with Crippen LogP contribution in [-0.4, -0.2) is 53.5 Å². The van der Waals surface area contributed by atoms with E-state index in [0.717, 1.165) is 0 Å². The van der Waals surface area contributed by atoms with Crippen LogP contribution < -0.4 is 0 Å². The zero-order valence-electron chi connectivity index (χ0n) is 11.1. The molecule has 0 atom stereocenters. The van der Waals surface area contributed by atoms with Crippen LogP contribution in [0.3, 0.4) is 0 Å². The second kappa shape index (κ2) is 6.04. The van der Waals surface area contributed by atoms with Gasteiger partial charge in [0.1, 0.15) is 18.3 Å². The number of hydrogen-bond donors (Lipinski definition) is 1. The quantitative estimate of drug-likeness (QED) is 0.746. The molecular weight excluding hydrogens is 238 g/mol. The summed E-state index contributed by atoms with van der Waals surface area (Å²) in [6.07, 6.45) is 0.591. The number of amides is 1. The zero-order valence-corrected chi connectivity index (χ0v) is 11.1. The van der Waals surface area contributed by atoms with Gasteiger partial charge in [0, 0.05) is 25.9 Å². The molecular formula is C12H21NO5. The van der Waals surface area contributed by atoms with Gasteiger partial charge in [0.25, 0.3) is 0 Å². The van der Waals surface area contributed by atoms with Gasteiger partial charge in [0.05, 0.1) is 0 Å². The number of carbonyl (C=O) groups excluding carboxylic acids is 2. The van der Waals surface area contributed by atoms with Crippen molar-refractivity contribution in [2.24, 2.45) is 0 Å². The van der Waals surface area contributed by atoms with Crippen LogP contribution >= 0.6 is 0 Å². The van der Waals surface area contributed by atoms with Crippen molar-refractivity contribution in [2.45, 2.75) is 45.3 Å². The Hall–Kier alpha value is -1.30. The third kappa shape index (κ3) is 4.91. The van der Waals surface area contributed by atoms with Crippen molar-refractivity contribution in [1.29, 1.82) is 0 Å². The van der Waals surface area contributed by atoms with Gasteiger partial charge in [-0.2, -0.15) is 0 Å². The Labute approximate surface area is 107 Å². The summed E-state index contributed by atoms with van der Waals surface area (Å²) in [5.74, 6) is -0.620. The number of piperidine rings is 1. The number of esters is 1. The smallest absolute Gasteiger partial charge is 0.410 e. The van der Waals surface area contributed by atoms with Gasteiger partial charge in [-0.1, -0.05) is 0 Å². The SMILES string of the molecule is CC(C)(C)OC(=O)N1CCC(OC(=O)CO)CC1. The lowest BCUT2D eigenvalue weighted by molar-refractivity contribution is -0.154. The van der Waals surface area contributed by atoms with Gasteiger partial charge in [-0.25, -0.2) is 9.59 Å². The second-order valence-electron chi connectivity index (χ2n) is 5.31. The molecule has 1 heterocycles. The maximum Gasteiger partial charge on any atom is 0.410 e. The molecule has 0 aromatic carbocycles. The average Bonchev–Trinajstić information content (AvgIpc) is 2.27. The zero-order chi connectivity index (χ0) is 13.8. The largest absolute Gasteiger partial charge is 0.461 e. The summed E-state index contributed by atoms with van der Waals surface area (Å²) in [6.45, 7) is 5.85. The Morgan fingerprint density at radius 2 is 1.83 bits per heavy atom. The Bertz CT molecular complexity index is 302. The van der Waals surface area contributed by atoms with E-state index in [0.29, 0.717) is 25.9 Å². The van der Waals surface area contributed by atoms with Crippen LogP contribution in [0.25, 0.3) is 0 Å². The van der Waals surface area contributed by atoms with E-state index >= 15 is 0 Å². The first-order chi connectivity index (χ1) is 8.31. The van der Waals surface area contributed by atoms with E-state index in [9.17, 15) is 9.59 Å². The van der Waals surface area contributed by atoms with Gasteiger partial charge in [0.2, 0.25) is 0 Å². The molecule has 1 aliphatic rings. The van der Waals surface area contributed by atoms with E-state index in [1.165, 1.54) is 0 Å². The summed E-state index contributed by atoms with van der Waals surface area (Å²) < 4.78 is 10.3. The van der Waals surface area contributed by atoms with Crippen molar-refractivity contribution in [3.8, 4) is 0 Å². The van der Waals surface area contributed by atoms with Crippen molar-refractivity contribution in [1.82, 2.24) is 4.90 Å². The Morgan fingerprint density at radius 3 is 2.28 bits per heavy atom. The number of rotatable bonds is 2. The monoisotopic (exact) mass is 259 g/mol. The molecule has 1 fully saturated rings. The van der Waals surface area contributed by atoms with E-state index in [1.807, 2.05) is 20.8 Å². The van der Waals surface area contributed by atoms with Crippen LogP contribution in [-0.2, 0) is 14.3 Å². The van der Waals surface area contributed by atoms with Gasteiger partial charge < -0.3 is 19.5 Å². The summed E-state index contributed by atoms with van der Waals surface area (Å²) in [5, 5.41) is 8.57. The number of aliphatic hydroxyl groups excluding tert-OH is 1. The molecule has 6 nitrogen and oxygen atoms in total. The molecule has 1 rings (SSSR count). The minimum absolute atomic E-state index is 0.219. The van der Waals surface area contributed by atoms with E-state index in [2.05, 4.69) is 0 Å². The highest BCUT2D eigenvalue weighted by atomic mass is 16.6. The summed E-state index contributed by atoms with van der Waals surface area (Å²) in [6, 6.07) is 0. The molecule has 1 N–H and O–H groups in total. The molecule has 0 aromatic rings. The third-order valence-electron chi connectivity index (χ3n) is 2.52. The summed E-state index contributed by atoms with van der Waals surface area (Å²) in [7, 11) is 0. The first-order valence-corrected chi connectivity index (χ1v) is 6.10. The minimum atomic E-state index is -0.620. The fourth-order valence-corrected chi connectivity index (χ4v) is 1.71. The molecule has 0 aromatic heterocycles. The normalized spacial score (nSPS) is 17.4. The minimum Gasteiger partial charge on any atom is -0.461 e. The van der Waals surface area contributed by atoms with Gasteiger partial charge in [-0.05, 0) is 20.8 Å². The topological polar surface area (TPSA) is 76.1 Å². The molecule has 0 radical (unpaired) electrons. The van der Waals surface area contributed by atoms with Gasteiger partial charge in [0.15, 0.2) is 0 Å². The second-order valence-corrected chi connectivity index (χ2v) is 5.31. The van der Waals surface area contributed by atoms with Crippen molar-refractivity contribution < 1.29 is 24.2 Å². The van der Waals surface area contributed by atoms with Crippen molar-refractivity contribution >= 4 is 12.1 Å².